The van der Waals surface area contributed by atoms with Gasteiger partial charge in [-0.1, -0.05) is 0 Å². The van der Waals surface area contributed by atoms with Crippen molar-refractivity contribution in [3.05, 3.63) is 8.96 Å². The Bertz CT molecular complexity index is 234. The lowest BCUT2D eigenvalue weighted by atomic mass is 10.5. The molecule has 80 valence electrons. The fraction of sp³-hybridized carbons (Fsp3) is 0.500. The van der Waals surface area contributed by atoms with E-state index in [-0.39, 0.29) is 22.2 Å². The average molecular weight is 330 g/mol. The van der Waals surface area contributed by atoms with E-state index < -0.39 is 11.9 Å². The molecule has 0 amide bonds. The van der Waals surface area contributed by atoms with Gasteiger partial charge in [0.2, 0.25) is 0 Å². The van der Waals surface area contributed by atoms with E-state index in [4.69, 9.17) is 0 Å². The van der Waals surface area contributed by atoms with Crippen LogP contribution in [0.4, 0.5) is 0 Å². The minimum absolute atomic E-state index is 0.0257. The number of esters is 2. The first kappa shape index (κ1) is 13.6. The molecule has 0 fully saturated rings. The summed E-state index contributed by atoms with van der Waals surface area (Å²) in [7, 11) is 0. The summed E-state index contributed by atoms with van der Waals surface area (Å²) in [5.74, 6) is -1.21. The minimum Gasteiger partial charge on any atom is -0.462 e. The van der Waals surface area contributed by atoms with Crippen molar-refractivity contribution in [1.29, 1.82) is 0 Å². The number of carbonyl (C=O) groups is 2. The Morgan fingerprint density at radius 3 is 1.43 bits per heavy atom. The predicted molar refractivity (Wildman–Crippen MR) is 58.1 cm³/mol. The van der Waals surface area contributed by atoms with Crippen LogP contribution in [0.15, 0.2) is 8.96 Å². The molecule has 0 aliphatic carbocycles. The molecule has 0 aromatic rings. The van der Waals surface area contributed by atoms with Gasteiger partial charge in [-0.05, 0) is 45.7 Å². The van der Waals surface area contributed by atoms with Gasteiger partial charge in [0.05, 0.1) is 13.2 Å². The van der Waals surface area contributed by atoms with Crippen molar-refractivity contribution < 1.29 is 19.1 Å². The van der Waals surface area contributed by atoms with Crippen LogP contribution in [0.5, 0.6) is 0 Å². The normalized spacial score (nSPS) is 11.7. The van der Waals surface area contributed by atoms with Gasteiger partial charge in [-0.2, -0.15) is 0 Å². The third-order valence-corrected chi connectivity index (χ3v) is 3.07. The van der Waals surface area contributed by atoms with E-state index in [0.717, 1.165) is 0 Å². The molecule has 0 radical (unpaired) electrons. The van der Waals surface area contributed by atoms with Crippen LogP contribution in [0.2, 0.25) is 0 Å². The van der Waals surface area contributed by atoms with Gasteiger partial charge >= 0.3 is 11.9 Å². The molecule has 0 rings (SSSR count). The summed E-state index contributed by atoms with van der Waals surface area (Å²) in [4.78, 5) is 22.3. The fourth-order valence-corrected chi connectivity index (χ4v) is 1.12. The van der Waals surface area contributed by atoms with Crippen LogP contribution in [0.1, 0.15) is 13.8 Å². The van der Waals surface area contributed by atoms with Crippen LogP contribution >= 0.6 is 31.9 Å². The molecule has 0 aliphatic heterocycles. The molecule has 0 atom stereocenters. The first-order chi connectivity index (χ1) is 6.54. The second-order valence-corrected chi connectivity index (χ2v) is 3.65. The highest BCUT2D eigenvalue weighted by molar-refractivity contribution is 9.14. The maximum atomic E-state index is 11.1. The monoisotopic (exact) mass is 328 g/mol. The number of hydrogen-bond donors (Lipinski definition) is 0. The van der Waals surface area contributed by atoms with Crippen molar-refractivity contribution in [3.63, 3.8) is 0 Å². The van der Waals surface area contributed by atoms with Gasteiger partial charge in [0.15, 0.2) is 0 Å². The van der Waals surface area contributed by atoms with Gasteiger partial charge < -0.3 is 9.47 Å². The van der Waals surface area contributed by atoms with E-state index in [1.165, 1.54) is 0 Å². The van der Waals surface area contributed by atoms with Crippen LogP contribution in [0.25, 0.3) is 0 Å². The Balaban J connectivity index is 4.57. The highest BCUT2D eigenvalue weighted by atomic mass is 79.9. The third-order valence-electron chi connectivity index (χ3n) is 1.10. The van der Waals surface area contributed by atoms with E-state index >= 15 is 0 Å². The quantitative estimate of drug-likeness (QED) is 0.585. The predicted octanol–water partition coefficient (Wildman–Crippen LogP) is 2.11. The smallest absolute Gasteiger partial charge is 0.346 e. The topological polar surface area (TPSA) is 52.6 Å². The zero-order valence-electron chi connectivity index (χ0n) is 7.80. The molecule has 0 aromatic heterocycles. The Kier molecular flexibility index (Phi) is 6.82. The van der Waals surface area contributed by atoms with Crippen LogP contribution in [0.3, 0.4) is 0 Å². The summed E-state index contributed by atoms with van der Waals surface area (Å²) in [5.41, 5.74) is 0. The van der Waals surface area contributed by atoms with Crippen molar-refractivity contribution in [2.24, 2.45) is 0 Å². The lowest BCUT2D eigenvalue weighted by Gasteiger charge is -2.03. The third kappa shape index (κ3) is 4.23. The molecule has 0 unspecified atom stereocenters. The summed E-state index contributed by atoms with van der Waals surface area (Å²) < 4.78 is 9.39. The number of ether oxygens (including phenoxy) is 2. The summed E-state index contributed by atoms with van der Waals surface area (Å²) in [5, 5.41) is 0. The molecule has 14 heavy (non-hydrogen) atoms. The van der Waals surface area contributed by atoms with E-state index in [1.807, 2.05) is 0 Å². The molecule has 0 bridgehead atoms. The summed E-state index contributed by atoms with van der Waals surface area (Å²) >= 11 is 5.88. The minimum atomic E-state index is -0.604. The fourth-order valence-electron chi connectivity index (χ4n) is 0.568. The van der Waals surface area contributed by atoms with Gasteiger partial charge in [-0.25, -0.2) is 9.59 Å². The Morgan fingerprint density at radius 1 is 0.929 bits per heavy atom. The SMILES string of the molecule is CCOC(=O)/C(Br)=C(\Br)C(=O)OCC. The first-order valence-electron chi connectivity index (χ1n) is 3.94. The molecule has 0 N–H and O–H groups in total. The van der Waals surface area contributed by atoms with Crippen LogP contribution < -0.4 is 0 Å². The largest absolute Gasteiger partial charge is 0.462 e. The van der Waals surface area contributed by atoms with Crippen LogP contribution in [-0.4, -0.2) is 25.2 Å². The second-order valence-electron chi connectivity index (χ2n) is 2.07. The molecule has 0 saturated carbocycles. The maximum Gasteiger partial charge on any atom is 0.346 e. The Labute approximate surface area is 98.9 Å². The van der Waals surface area contributed by atoms with Crippen molar-refractivity contribution in [3.8, 4) is 0 Å². The average Bonchev–Trinajstić information content (AvgIpc) is 2.16. The second kappa shape index (κ2) is 7.00. The molecule has 0 heterocycles. The molecule has 0 spiro atoms. The highest BCUT2D eigenvalue weighted by Crippen LogP contribution is 2.20. The van der Waals surface area contributed by atoms with Crippen molar-refractivity contribution in [2.75, 3.05) is 13.2 Å². The molecule has 0 aromatic carbocycles. The lowest BCUT2D eigenvalue weighted by molar-refractivity contribution is -0.140. The molecular weight excluding hydrogens is 320 g/mol. The van der Waals surface area contributed by atoms with E-state index in [2.05, 4.69) is 41.3 Å². The van der Waals surface area contributed by atoms with Gasteiger partial charge in [-0.15, -0.1) is 0 Å². The highest BCUT2D eigenvalue weighted by Gasteiger charge is 2.18. The zero-order chi connectivity index (χ0) is 11.1. The molecule has 6 heteroatoms. The molecule has 0 aliphatic rings. The number of carbonyl (C=O) groups excluding carboxylic acids is 2. The maximum absolute atomic E-state index is 11.1. The Hall–Kier alpha value is -0.360. The van der Waals surface area contributed by atoms with E-state index in [9.17, 15) is 9.59 Å². The molecule has 4 nitrogen and oxygen atoms in total. The van der Waals surface area contributed by atoms with Gasteiger partial charge in [0, 0.05) is 0 Å². The standard InChI is InChI=1S/C8H10Br2O4/c1-3-13-7(11)5(9)6(10)8(12)14-4-2/h3-4H2,1-2H3/b6-5+. The number of rotatable bonds is 4. The first-order valence-corrected chi connectivity index (χ1v) is 5.52. The molecular formula is C8H10Br2O4. The Morgan fingerprint density at radius 2 is 1.21 bits per heavy atom. The summed E-state index contributed by atoms with van der Waals surface area (Å²) in [6.45, 7) is 3.85. The molecule has 0 saturated heterocycles. The van der Waals surface area contributed by atoms with Gasteiger partial charge in [0.25, 0.3) is 0 Å². The number of halogens is 2. The van der Waals surface area contributed by atoms with Crippen molar-refractivity contribution >= 4 is 43.8 Å². The lowest BCUT2D eigenvalue weighted by Crippen LogP contribution is -2.10. The van der Waals surface area contributed by atoms with Crippen LogP contribution in [0, 0.1) is 0 Å². The van der Waals surface area contributed by atoms with Crippen LogP contribution in [-0.2, 0) is 19.1 Å². The number of hydrogen-bond acceptors (Lipinski definition) is 4. The zero-order valence-corrected chi connectivity index (χ0v) is 11.0. The van der Waals surface area contributed by atoms with E-state index in [1.54, 1.807) is 13.8 Å². The van der Waals surface area contributed by atoms with Gasteiger partial charge in [-0.3, -0.25) is 0 Å². The van der Waals surface area contributed by atoms with Crippen molar-refractivity contribution in [2.45, 2.75) is 13.8 Å². The summed E-state index contributed by atoms with van der Waals surface area (Å²) in [6, 6.07) is 0. The van der Waals surface area contributed by atoms with Gasteiger partial charge in [0.1, 0.15) is 8.96 Å². The van der Waals surface area contributed by atoms with Crippen molar-refractivity contribution in [1.82, 2.24) is 0 Å². The van der Waals surface area contributed by atoms with E-state index in [0.29, 0.717) is 0 Å². The summed E-state index contributed by atoms with van der Waals surface area (Å²) in [6.07, 6.45) is 0.